The molecule has 2 nitrogen and oxygen atoms in total. The molecule has 0 heterocycles. The Morgan fingerprint density at radius 1 is 0.926 bits per heavy atom. The molecular formula is C25H40O2. The predicted molar refractivity (Wildman–Crippen MR) is 111 cm³/mol. The van der Waals surface area contributed by atoms with Crippen LogP contribution in [0.5, 0.6) is 0 Å². The zero-order chi connectivity index (χ0) is 19.0. The second kappa shape index (κ2) is 7.93. The van der Waals surface area contributed by atoms with Crippen molar-refractivity contribution < 1.29 is 9.47 Å². The highest BCUT2D eigenvalue weighted by Crippen LogP contribution is 2.64. The van der Waals surface area contributed by atoms with E-state index in [1.54, 1.807) is 0 Å². The zero-order valence-corrected chi connectivity index (χ0v) is 18.0. The maximum Gasteiger partial charge on any atom is 0.0915 e. The van der Waals surface area contributed by atoms with Gasteiger partial charge in [-0.3, -0.25) is 0 Å². The third-order valence-electron chi connectivity index (χ3n) is 8.89. The third kappa shape index (κ3) is 3.41. The van der Waals surface area contributed by atoms with Crippen molar-refractivity contribution in [3.8, 4) is 0 Å². The first-order valence-corrected chi connectivity index (χ1v) is 11.5. The smallest absolute Gasteiger partial charge is 0.0915 e. The van der Waals surface area contributed by atoms with Gasteiger partial charge in [-0.25, -0.2) is 0 Å². The van der Waals surface area contributed by atoms with E-state index < -0.39 is 0 Å². The number of rotatable bonds is 4. The van der Waals surface area contributed by atoms with Crippen LogP contribution in [0, 0.1) is 40.9 Å². The second-order valence-electron chi connectivity index (χ2n) is 10.2. The van der Waals surface area contributed by atoms with E-state index in [1.807, 2.05) is 14.2 Å². The van der Waals surface area contributed by atoms with E-state index in [2.05, 4.69) is 32.1 Å². The van der Waals surface area contributed by atoms with Gasteiger partial charge in [0.25, 0.3) is 0 Å². The molecule has 4 rings (SSSR count). The fourth-order valence-corrected chi connectivity index (χ4v) is 8.02. The lowest BCUT2D eigenvalue weighted by molar-refractivity contribution is -0.119. The lowest BCUT2D eigenvalue weighted by Gasteiger charge is -2.62. The van der Waals surface area contributed by atoms with Crippen LogP contribution in [0.2, 0.25) is 0 Å². The van der Waals surface area contributed by atoms with Gasteiger partial charge < -0.3 is 9.47 Å². The lowest BCUT2D eigenvalue weighted by atomic mass is 9.43. The summed E-state index contributed by atoms with van der Waals surface area (Å²) >= 11 is 0. The van der Waals surface area contributed by atoms with Crippen molar-refractivity contribution in [1.29, 1.82) is 0 Å². The summed E-state index contributed by atoms with van der Waals surface area (Å²) in [5.41, 5.74) is 0.482. The minimum atomic E-state index is 0.335. The van der Waals surface area contributed by atoms with Gasteiger partial charge in [0, 0.05) is 13.5 Å². The summed E-state index contributed by atoms with van der Waals surface area (Å²) in [7, 11) is 3.70. The molecule has 4 aliphatic carbocycles. The molecule has 0 saturated heterocycles. The molecule has 2 fully saturated rings. The van der Waals surface area contributed by atoms with Crippen LogP contribution < -0.4 is 0 Å². The SMILES string of the molecule is COC1=CCC(C2(C3C=CC(OC)CC3)C(C)CC3CC(C)CC2C3)CC1. The van der Waals surface area contributed by atoms with E-state index in [-0.39, 0.29) is 0 Å². The summed E-state index contributed by atoms with van der Waals surface area (Å²) in [6.07, 6.45) is 19.8. The van der Waals surface area contributed by atoms with E-state index in [0.29, 0.717) is 11.5 Å². The molecule has 0 radical (unpaired) electrons. The monoisotopic (exact) mass is 372 g/mol. The van der Waals surface area contributed by atoms with Crippen LogP contribution in [0.3, 0.4) is 0 Å². The van der Waals surface area contributed by atoms with Crippen molar-refractivity contribution >= 4 is 0 Å². The lowest BCUT2D eigenvalue weighted by Crippen LogP contribution is -2.55. The molecule has 152 valence electrons. The molecule has 0 aliphatic heterocycles. The molecule has 0 N–H and O–H groups in total. The second-order valence-corrected chi connectivity index (χ2v) is 10.2. The third-order valence-corrected chi connectivity index (χ3v) is 8.89. The van der Waals surface area contributed by atoms with Crippen molar-refractivity contribution in [2.45, 2.75) is 77.7 Å². The number of fused-ring (bicyclic) bond motifs is 2. The summed E-state index contributed by atoms with van der Waals surface area (Å²) in [4.78, 5) is 0. The van der Waals surface area contributed by atoms with Crippen LogP contribution in [0.1, 0.15) is 71.6 Å². The molecule has 0 aromatic heterocycles. The van der Waals surface area contributed by atoms with Gasteiger partial charge in [0.2, 0.25) is 0 Å². The number of allylic oxidation sites excluding steroid dienone is 3. The van der Waals surface area contributed by atoms with Crippen LogP contribution in [-0.4, -0.2) is 20.3 Å². The van der Waals surface area contributed by atoms with Crippen LogP contribution in [0.25, 0.3) is 0 Å². The summed E-state index contributed by atoms with van der Waals surface area (Å²) in [6.45, 7) is 5.13. The number of ether oxygens (including phenoxy) is 2. The molecule has 0 aromatic rings. The average molecular weight is 373 g/mol. The van der Waals surface area contributed by atoms with Gasteiger partial charge in [0.15, 0.2) is 0 Å². The highest BCUT2D eigenvalue weighted by Gasteiger charge is 2.57. The van der Waals surface area contributed by atoms with Gasteiger partial charge in [-0.1, -0.05) is 26.0 Å². The Bertz CT molecular complexity index is 575. The Hall–Kier alpha value is -0.760. The maximum atomic E-state index is 5.65. The van der Waals surface area contributed by atoms with Crippen LogP contribution in [0.4, 0.5) is 0 Å². The molecule has 0 amide bonds. The molecule has 4 aliphatic rings. The summed E-state index contributed by atoms with van der Waals surface area (Å²) < 4.78 is 11.2. The van der Waals surface area contributed by atoms with E-state index in [0.717, 1.165) is 41.9 Å². The van der Waals surface area contributed by atoms with Crippen molar-refractivity contribution in [1.82, 2.24) is 0 Å². The Kier molecular flexibility index (Phi) is 5.74. The quantitative estimate of drug-likeness (QED) is 0.533. The normalized spacial score (nSPS) is 47.4. The minimum absolute atomic E-state index is 0.335. The number of methoxy groups -OCH3 is 2. The van der Waals surface area contributed by atoms with Crippen LogP contribution >= 0.6 is 0 Å². The molecule has 8 unspecified atom stereocenters. The maximum absolute atomic E-state index is 5.65. The van der Waals surface area contributed by atoms with Crippen molar-refractivity contribution in [3.05, 3.63) is 24.0 Å². The fraction of sp³-hybridized carbons (Fsp3) is 0.840. The topological polar surface area (TPSA) is 18.5 Å². The Morgan fingerprint density at radius 3 is 2.41 bits per heavy atom. The molecule has 0 spiro atoms. The van der Waals surface area contributed by atoms with Crippen molar-refractivity contribution in [2.24, 2.45) is 40.9 Å². The van der Waals surface area contributed by atoms with E-state index in [1.165, 1.54) is 57.1 Å². The molecule has 27 heavy (non-hydrogen) atoms. The standard InChI is InChI=1S/C25H40O2/c1-17-13-19-15-18(2)25(22(14-17)16-19,20-5-9-23(26-3)10-6-20)21-7-11-24(27-4)12-8-21/h5,9,11,17-23H,6-8,10,12-16H2,1-4H3. The molecule has 2 bridgehead atoms. The van der Waals surface area contributed by atoms with Crippen molar-refractivity contribution in [3.63, 3.8) is 0 Å². The predicted octanol–water partition coefficient (Wildman–Crippen LogP) is 6.38. The summed E-state index contributed by atoms with van der Waals surface area (Å²) in [6, 6.07) is 0. The van der Waals surface area contributed by atoms with Gasteiger partial charge in [-0.15, -0.1) is 0 Å². The van der Waals surface area contributed by atoms with E-state index >= 15 is 0 Å². The van der Waals surface area contributed by atoms with Gasteiger partial charge in [0.05, 0.1) is 19.0 Å². The van der Waals surface area contributed by atoms with Crippen LogP contribution in [0.15, 0.2) is 24.0 Å². The van der Waals surface area contributed by atoms with E-state index in [4.69, 9.17) is 9.47 Å². The molecule has 2 saturated carbocycles. The molecule has 0 aromatic carbocycles. The highest BCUT2D eigenvalue weighted by molar-refractivity contribution is 5.15. The minimum Gasteiger partial charge on any atom is -0.501 e. The first kappa shape index (κ1) is 19.6. The van der Waals surface area contributed by atoms with Crippen molar-refractivity contribution in [2.75, 3.05) is 14.2 Å². The first-order valence-electron chi connectivity index (χ1n) is 11.5. The van der Waals surface area contributed by atoms with Gasteiger partial charge in [-0.2, -0.15) is 0 Å². The molecular weight excluding hydrogens is 332 g/mol. The number of hydrogen-bond donors (Lipinski definition) is 0. The summed E-state index contributed by atoms with van der Waals surface area (Å²) in [5, 5.41) is 0. The highest BCUT2D eigenvalue weighted by atomic mass is 16.5. The Labute approximate surface area is 166 Å². The fourth-order valence-electron chi connectivity index (χ4n) is 8.02. The van der Waals surface area contributed by atoms with Gasteiger partial charge in [0.1, 0.15) is 0 Å². The average Bonchev–Trinajstić information content (AvgIpc) is 2.68. The number of hydrogen-bond acceptors (Lipinski definition) is 2. The molecule has 8 atom stereocenters. The largest absolute Gasteiger partial charge is 0.501 e. The Morgan fingerprint density at radius 2 is 1.78 bits per heavy atom. The Balaban J connectivity index is 1.70. The zero-order valence-electron chi connectivity index (χ0n) is 18.0. The summed E-state index contributed by atoms with van der Waals surface area (Å²) in [5.74, 6) is 6.41. The van der Waals surface area contributed by atoms with Gasteiger partial charge >= 0.3 is 0 Å². The molecule has 2 heteroatoms. The van der Waals surface area contributed by atoms with Gasteiger partial charge in [-0.05, 0) is 98.4 Å². The van der Waals surface area contributed by atoms with E-state index in [9.17, 15) is 0 Å². The first-order chi connectivity index (χ1) is 13.1. The van der Waals surface area contributed by atoms with Crippen LogP contribution in [-0.2, 0) is 9.47 Å².